The molecule has 8 heteroatoms. The largest absolute Gasteiger partial charge is 0.497 e. The second kappa shape index (κ2) is 10.9. The smallest absolute Gasteiger partial charge is 0.410 e. The number of methoxy groups -OCH3 is 1. The van der Waals surface area contributed by atoms with Crippen LogP contribution in [0.25, 0.3) is 0 Å². The highest BCUT2D eigenvalue weighted by Gasteiger charge is 2.28. The average Bonchev–Trinajstić information content (AvgIpc) is 2.78. The zero-order valence-electron chi connectivity index (χ0n) is 19.2. The Morgan fingerprint density at radius 2 is 1.94 bits per heavy atom. The van der Waals surface area contributed by atoms with Gasteiger partial charge in [0.15, 0.2) is 0 Å². The van der Waals surface area contributed by atoms with Crippen molar-refractivity contribution in [2.24, 2.45) is 0 Å². The van der Waals surface area contributed by atoms with Crippen LogP contribution >= 0.6 is 38.5 Å². The van der Waals surface area contributed by atoms with Gasteiger partial charge in [0, 0.05) is 33.3 Å². The van der Waals surface area contributed by atoms with Gasteiger partial charge in [-0.2, -0.15) is 0 Å². The van der Waals surface area contributed by atoms with Crippen molar-refractivity contribution in [3.63, 3.8) is 0 Å². The lowest BCUT2D eigenvalue weighted by Crippen LogP contribution is -2.41. The molecular weight excluding hydrogens is 599 g/mol. The fraction of sp³-hybridized carbons (Fsp3) is 0.360. The lowest BCUT2D eigenvalue weighted by molar-refractivity contribution is 0.0259. The van der Waals surface area contributed by atoms with E-state index in [4.69, 9.17) is 9.47 Å². The molecule has 0 saturated carbocycles. The molecular formula is C25H28BrIN2O4. The van der Waals surface area contributed by atoms with Crippen LogP contribution < -0.4 is 4.74 Å². The summed E-state index contributed by atoms with van der Waals surface area (Å²) in [5.41, 5.74) is 1.93. The third-order valence-corrected chi connectivity index (χ3v) is 6.50. The van der Waals surface area contributed by atoms with E-state index in [1.54, 1.807) is 16.9 Å². The Hall–Kier alpha value is -2.07. The van der Waals surface area contributed by atoms with E-state index >= 15 is 0 Å². The highest BCUT2D eigenvalue weighted by molar-refractivity contribution is 14.1. The molecule has 2 amide bonds. The fourth-order valence-corrected chi connectivity index (χ4v) is 4.39. The molecule has 1 aliphatic rings. The van der Waals surface area contributed by atoms with Gasteiger partial charge >= 0.3 is 6.09 Å². The van der Waals surface area contributed by atoms with Gasteiger partial charge in [0.2, 0.25) is 0 Å². The van der Waals surface area contributed by atoms with Gasteiger partial charge in [0.25, 0.3) is 5.91 Å². The third kappa shape index (κ3) is 6.96. The second-order valence-corrected chi connectivity index (χ2v) is 10.8. The Balaban J connectivity index is 1.89. The molecule has 3 rings (SSSR count). The minimum Gasteiger partial charge on any atom is -0.497 e. The summed E-state index contributed by atoms with van der Waals surface area (Å²) in [5, 5.41) is 0. The summed E-state index contributed by atoms with van der Waals surface area (Å²) in [4.78, 5) is 29.6. The van der Waals surface area contributed by atoms with E-state index in [9.17, 15) is 9.59 Å². The molecule has 176 valence electrons. The van der Waals surface area contributed by atoms with Crippen LogP contribution in [0, 0.1) is 3.57 Å². The van der Waals surface area contributed by atoms with Crippen LogP contribution in [0.2, 0.25) is 0 Å². The van der Waals surface area contributed by atoms with Crippen molar-refractivity contribution in [3.8, 4) is 5.75 Å². The SMILES string of the molecule is COc1cccc(CN(C(=O)c2cc(Br)ccc2I)C2=CCN(C(=O)OC(C)(C)C)CC2)c1. The first-order chi connectivity index (χ1) is 15.6. The van der Waals surface area contributed by atoms with Crippen molar-refractivity contribution in [2.45, 2.75) is 39.3 Å². The summed E-state index contributed by atoms with van der Waals surface area (Å²) in [5.74, 6) is 0.658. The van der Waals surface area contributed by atoms with Crippen LogP contribution in [0.15, 0.2) is 58.7 Å². The monoisotopic (exact) mass is 626 g/mol. The van der Waals surface area contributed by atoms with Crippen molar-refractivity contribution in [3.05, 3.63) is 73.4 Å². The van der Waals surface area contributed by atoms with Gasteiger partial charge in [-0.25, -0.2) is 4.79 Å². The molecule has 0 unspecified atom stereocenters. The number of rotatable bonds is 5. The number of nitrogens with zero attached hydrogens (tertiary/aromatic N) is 2. The lowest BCUT2D eigenvalue weighted by Gasteiger charge is -2.33. The van der Waals surface area contributed by atoms with Gasteiger partial charge in [-0.1, -0.05) is 28.1 Å². The predicted molar refractivity (Wildman–Crippen MR) is 140 cm³/mol. The quantitative estimate of drug-likeness (QED) is 0.369. The van der Waals surface area contributed by atoms with Gasteiger partial charge in [-0.3, -0.25) is 4.79 Å². The normalized spacial score (nSPS) is 13.9. The standard InChI is InChI=1S/C25H28BrIN2O4/c1-25(2,3)33-24(31)28-12-10-19(11-13-28)29(16-17-6-5-7-20(14-17)32-4)23(30)21-15-18(26)8-9-22(21)27/h5-10,14-15H,11-13,16H2,1-4H3. The Kier molecular flexibility index (Phi) is 8.44. The van der Waals surface area contributed by atoms with Crippen molar-refractivity contribution >= 4 is 50.5 Å². The number of halogens is 2. The molecule has 2 aromatic carbocycles. The number of carbonyl (C=O) groups is 2. The maximum absolute atomic E-state index is 13.7. The minimum absolute atomic E-state index is 0.0829. The van der Waals surface area contributed by atoms with Crippen molar-refractivity contribution < 1.29 is 19.1 Å². The van der Waals surface area contributed by atoms with Crippen molar-refractivity contribution in [2.75, 3.05) is 20.2 Å². The molecule has 6 nitrogen and oxygen atoms in total. The summed E-state index contributed by atoms with van der Waals surface area (Å²) in [6.07, 6.45) is 2.15. The molecule has 0 aromatic heterocycles. The molecule has 0 aliphatic carbocycles. The van der Waals surface area contributed by atoms with E-state index in [0.717, 1.165) is 25.1 Å². The molecule has 0 radical (unpaired) electrons. The van der Waals surface area contributed by atoms with E-state index in [0.29, 0.717) is 31.6 Å². The zero-order valence-corrected chi connectivity index (χ0v) is 23.0. The Labute approximate surface area is 217 Å². The van der Waals surface area contributed by atoms with Gasteiger partial charge in [-0.15, -0.1) is 0 Å². The van der Waals surface area contributed by atoms with Crippen LogP contribution in [0.5, 0.6) is 5.75 Å². The average molecular weight is 627 g/mol. The van der Waals surface area contributed by atoms with E-state index < -0.39 is 5.60 Å². The molecule has 33 heavy (non-hydrogen) atoms. The Morgan fingerprint density at radius 1 is 1.18 bits per heavy atom. The van der Waals surface area contributed by atoms with Crippen LogP contribution in [0.1, 0.15) is 43.1 Å². The highest BCUT2D eigenvalue weighted by atomic mass is 127. The van der Waals surface area contributed by atoms with E-state index in [1.807, 2.05) is 69.3 Å². The Bertz CT molecular complexity index is 1060. The molecule has 1 heterocycles. The van der Waals surface area contributed by atoms with Crippen molar-refractivity contribution in [1.29, 1.82) is 0 Å². The first kappa shape index (κ1) is 25.6. The molecule has 0 N–H and O–H groups in total. The van der Waals surface area contributed by atoms with Gasteiger partial charge in [0.1, 0.15) is 11.4 Å². The number of amides is 2. The van der Waals surface area contributed by atoms with Crippen LogP contribution in [0.3, 0.4) is 0 Å². The molecule has 2 aromatic rings. The molecule has 0 fully saturated rings. The maximum atomic E-state index is 13.7. The summed E-state index contributed by atoms with van der Waals surface area (Å²) in [6, 6.07) is 13.4. The number of carbonyl (C=O) groups excluding carboxylic acids is 2. The summed E-state index contributed by atoms with van der Waals surface area (Å²) >= 11 is 5.67. The van der Waals surface area contributed by atoms with Crippen molar-refractivity contribution in [1.82, 2.24) is 9.80 Å². The number of hydrogen-bond donors (Lipinski definition) is 0. The first-order valence-electron chi connectivity index (χ1n) is 10.6. The van der Waals surface area contributed by atoms with E-state index in [-0.39, 0.29) is 12.0 Å². The molecule has 0 saturated heterocycles. The third-order valence-electron chi connectivity index (χ3n) is 5.06. The molecule has 0 spiro atoms. The zero-order chi connectivity index (χ0) is 24.2. The number of hydrogen-bond acceptors (Lipinski definition) is 4. The Morgan fingerprint density at radius 3 is 2.58 bits per heavy atom. The summed E-state index contributed by atoms with van der Waals surface area (Å²) < 4.78 is 12.6. The highest BCUT2D eigenvalue weighted by Crippen LogP contribution is 2.27. The van der Waals surface area contributed by atoms with E-state index in [2.05, 4.69) is 38.5 Å². The molecule has 0 atom stereocenters. The van der Waals surface area contributed by atoms with Crippen LogP contribution in [-0.4, -0.2) is 47.6 Å². The first-order valence-corrected chi connectivity index (χ1v) is 12.5. The lowest BCUT2D eigenvalue weighted by atomic mass is 10.1. The van der Waals surface area contributed by atoms with Crippen LogP contribution in [-0.2, 0) is 11.3 Å². The predicted octanol–water partition coefficient (Wildman–Crippen LogP) is 6.23. The molecule has 0 bridgehead atoms. The van der Waals surface area contributed by atoms with Crippen LogP contribution in [0.4, 0.5) is 4.79 Å². The maximum Gasteiger partial charge on any atom is 0.410 e. The number of ether oxygens (including phenoxy) is 2. The fourth-order valence-electron chi connectivity index (χ4n) is 3.46. The number of benzene rings is 2. The van der Waals surface area contributed by atoms with Gasteiger partial charge in [-0.05, 0) is 85.3 Å². The topological polar surface area (TPSA) is 59.1 Å². The second-order valence-electron chi connectivity index (χ2n) is 8.74. The summed E-state index contributed by atoms with van der Waals surface area (Å²) in [7, 11) is 1.63. The van der Waals surface area contributed by atoms with E-state index in [1.165, 1.54) is 0 Å². The minimum atomic E-state index is -0.549. The summed E-state index contributed by atoms with van der Waals surface area (Å²) in [6.45, 7) is 6.83. The molecule has 1 aliphatic heterocycles. The van der Waals surface area contributed by atoms with Gasteiger partial charge < -0.3 is 19.3 Å². The van der Waals surface area contributed by atoms with Gasteiger partial charge in [0.05, 0.1) is 19.2 Å².